The van der Waals surface area contributed by atoms with E-state index < -0.39 is 5.60 Å². The lowest BCUT2D eigenvalue weighted by Crippen LogP contribution is -2.34. The molecule has 2 nitrogen and oxygen atoms in total. The Morgan fingerprint density at radius 1 is 1.43 bits per heavy atom. The predicted molar refractivity (Wildman–Crippen MR) is 61.8 cm³/mol. The number of nitrogens with one attached hydrogen (secondary N) is 1. The largest absolute Gasteiger partial charge is 0.389 e. The minimum Gasteiger partial charge on any atom is -0.389 e. The van der Waals surface area contributed by atoms with Gasteiger partial charge >= 0.3 is 0 Å². The van der Waals surface area contributed by atoms with Crippen LogP contribution in [0.5, 0.6) is 0 Å². The van der Waals surface area contributed by atoms with Gasteiger partial charge in [-0.05, 0) is 39.3 Å². The highest BCUT2D eigenvalue weighted by Crippen LogP contribution is 2.20. The van der Waals surface area contributed by atoms with Crippen molar-refractivity contribution >= 4 is 11.3 Å². The molecule has 0 fully saturated rings. The fourth-order valence-corrected chi connectivity index (χ4v) is 2.31. The zero-order chi connectivity index (χ0) is 10.8. The van der Waals surface area contributed by atoms with Gasteiger partial charge in [0.1, 0.15) is 0 Å². The highest BCUT2D eigenvalue weighted by Gasteiger charge is 2.11. The van der Waals surface area contributed by atoms with Crippen LogP contribution in [0.2, 0.25) is 0 Å². The van der Waals surface area contributed by atoms with E-state index in [1.807, 2.05) is 25.2 Å². The van der Waals surface area contributed by atoms with Gasteiger partial charge < -0.3 is 10.4 Å². The fourth-order valence-electron chi connectivity index (χ4n) is 1.36. The van der Waals surface area contributed by atoms with Gasteiger partial charge in [0.2, 0.25) is 0 Å². The first-order chi connectivity index (χ1) is 6.38. The predicted octanol–water partition coefficient (Wildman–Crippen LogP) is 2.23. The van der Waals surface area contributed by atoms with Gasteiger partial charge in [-0.1, -0.05) is 0 Å². The quantitative estimate of drug-likeness (QED) is 0.804. The van der Waals surface area contributed by atoms with Crippen LogP contribution in [0.4, 0.5) is 0 Å². The molecule has 3 heteroatoms. The van der Waals surface area contributed by atoms with Crippen molar-refractivity contribution in [3.63, 3.8) is 0 Å². The summed E-state index contributed by atoms with van der Waals surface area (Å²) in [6, 6.07) is 2.21. The maximum absolute atomic E-state index is 9.51. The monoisotopic (exact) mass is 213 g/mol. The summed E-state index contributed by atoms with van der Waals surface area (Å²) in [5.41, 5.74) is 0.718. The average Bonchev–Trinajstić information content (AvgIpc) is 2.27. The molecule has 0 atom stereocenters. The Morgan fingerprint density at radius 3 is 2.50 bits per heavy atom. The standard InChI is InChI=1S/C11H19NOS/c1-8-5-10(9(2)14-8)6-12-7-11(3,4)13/h5,12-13H,6-7H2,1-4H3. The zero-order valence-electron chi connectivity index (χ0n) is 9.35. The first kappa shape index (κ1) is 11.7. The van der Waals surface area contributed by atoms with Crippen molar-refractivity contribution in [1.29, 1.82) is 0 Å². The number of hydrogen-bond donors (Lipinski definition) is 2. The van der Waals surface area contributed by atoms with Crippen LogP contribution in [0.3, 0.4) is 0 Å². The summed E-state index contributed by atoms with van der Waals surface area (Å²) in [5.74, 6) is 0. The Labute approximate surface area is 90.0 Å². The van der Waals surface area contributed by atoms with E-state index in [4.69, 9.17) is 0 Å². The highest BCUT2D eigenvalue weighted by molar-refractivity contribution is 7.12. The van der Waals surface area contributed by atoms with Crippen molar-refractivity contribution in [2.75, 3.05) is 6.54 Å². The van der Waals surface area contributed by atoms with Gasteiger partial charge in [-0.25, -0.2) is 0 Å². The molecule has 0 saturated carbocycles. The molecule has 1 heterocycles. The van der Waals surface area contributed by atoms with E-state index in [1.54, 1.807) is 0 Å². The lowest BCUT2D eigenvalue weighted by atomic mass is 10.1. The molecule has 0 aliphatic carbocycles. The smallest absolute Gasteiger partial charge is 0.0715 e. The lowest BCUT2D eigenvalue weighted by molar-refractivity contribution is 0.0795. The average molecular weight is 213 g/mol. The van der Waals surface area contributed by atoms with E-state index in [1.165, 1.54) is 15.3 Å². The molecule has 80 valence electrons. The van der Waals surface area contributed by atoms with Crippen LogP contribution in [-0.2, 0) is 6.54 Å². The lowest BCUT2D eigenvalue weighted by Gasteiger charge is -2.17. The molecule has 0 radical (unpaired) electrons. The highest BCUT2D eigenvalue weighted by atomic mass is 32.1. The van der Waals surface area contributed by atoms with Crippen molar-refractivity contribution in [3.05, 3.63) is 21.4 Å². The van der Waals surface area contributed by atoms with Crippen LogP contribution >= 0.6 is 11.3 Å². The maximum Gasteiger partial charge on any atom is 0.0715 e. The first-order valence-electron chi connectivity index (χ1n) is 4.87. The number of thiophene rings is 1. The molecule has 0 aliphatic heterocycles. The number of hydrogen-bond acceptors (Lipinski definition) is 3. The summed E-state index contributed by atoms with van der Waals surface area (Å²) in [7, 11) is 0. The fraction of sp³-hybridized carbons (Fsp3) is 0.636. The molecule has 0 aromatic carbocycles. The van der Waals surface area contributed by atoms with Gasteiger partial charge in [0.25, 0.3) is 0 Å². The third kappa shape index (κ3) is 3.78. The summed E-state index contributed by atoms with van der Waals surface area (Å²) in [6.07, 6.45) is 0. The van der Waals surface area contributed by atoms with Crippen molar-refractivity contribution in [2.24, 2.45) is 0 Å². The molecule has 0 aliphatic rings. The van der Waals surface area contributed by atoms with Crippen molar-refractivity contribution in [1.82, 2.24) is 5.32 Å². The summed E-state index contributed by atoms with van der Waals surface area (Å²) in [5, 5.41) is 12.8. The Balaban J connectivity index is 2.42. The Kier molecular flexibility index (Phi) is 3.70. The molecule has 1 aromatic heterocycles. The first-order valence-corrected chi connectivity index (χ1v) is 5.69. The Hall–Kier alpha value is -0.380. The van der Waals surface area contributed by atoms with Crippen molar-refractivity contribution in [3.8, 4) is 0 Å². The topological polar surface area (TPSA) is 32.3 Å². The molecule has 2 N–H and O–H groups in total. The number of rotatable bonds is 4. The minimum absolute atomic E-state index is 0.626. The van der Waals surface area contributed by atoms with Crippen LogP contribution in [0.1, 0.15) is 29.2 Å². The SMILES string of the molecule is Cc1cc(CNCC(C)(C)O)c(C)s1. The summed E-state index contributed by atoms with van der Waals surface area (Å²) < 4.78 is 0. The molecule has 0 amide bonds. The molecule has 1 rings (SSSR count). The second-order valence-electron chi connectivity index (χ2n) is 4.35. The zero-order valence-corrected chi connectivity index (χ0v) is 10.2. The van der Waals surface area contributed by atoms with Crippen LogP contribution in [0, 0.1) is 13.8 Å². The van der Waals surface area contributed by atoms with E-state index in [0.29, 0.717) is 6.54 Å². The molecule has 14 heavy (non-hydrogen) atoms. The van der Waals surface area contributed by atoms with E-state index in [9.17, 15) is 5.11 Å². The molecule has 0 spiro atoms. The van der Waals surface area contributed by atoms with Gasteiger partial charge in [0.15, 0.2) is 0 Å². The number of aryl methyl sites for hydroxylation is 2. The van der Waals surface area contributed by atoms with E-state index in [-0.39, 0.29) is 0 Å². The van der Waals surface area contributed by atoms with Gasteiger partial charge in [-0.2, -0.15) is 0 Å². The van der Waals surface area contributed by atoms with E-state index in [2.05, 4.69) is 25.2 Å². The molecule has 0 saturated heterocycles. The van der Waals surface area contributed by atoms with Gasteiger partial charge in [0.05, 0.1) is 5.60 Å². The molecular weight excluding hydrogens is 194 g/mol. The third-order valence-electron chi connectivity index (χ3n) is 2.02. The van der Waals surface area contributed by atoms with Crippen LogP contribution in [0.15, 0.2) is 6.07 Å². The van der Waals surface area contributed by atoms with E-state index in [0.717, 1.165) is 6.54 Å². The molecular formula is C11H19NOS. The van der Waals surface area contributed by atoms with Crippen molar-refractivity contribution in [2.45, 2.75) is 39.8 Å². The van der Waals surface area contributed by atoms with Crippen molar-refractivity contribution < 1.29 is 5.11 Å². The minimum atomic E-state index is -0.626. The molecule has 0 bridgehead atoms. The summed E-state index contributed by atoms with van der Waals surface area (Å²) in [4.78, 5) is 2.72. The summed E-state index contributed by atoms with van der Waals surface area (Å²) >= 11 is 1.82. The molecule has 1 aromatic rings. The second kappa shape index (κ2) is 4.43. The second-order valence-corrected chi connectivity index (χ2v) is 5.81. The third-order valence-corrected chi connectivity index (χ3v) is 3.03. The van der Waals surface area contributed by atoms with Crippen LogP contribution in [-0.4, -0.2) is 17.3 Å². The Bertz CT molecular complexity index is 299. The normalized spacial score (nSPS) is 12.1. The Morgan fingerprint density at radius 2 is 2.07 bits per heavy atom. The number of aliphatic hydroxyl groups is 1. The van der Waals surface area contributed by atoms with Crippen LogP contribution < -0.4 is 5.32 Å². The maximum atomic E-state index is 9.51. The van der Waals surface area contributed by atoms with Gasteiger partial charge in [0, 0.05) is 22.8 Å². The molecule has 0 unspecified atom stereocenters. The van der Waals surface area contributed by atoms with Crippen LogP contribution in [0.25, 0.3) is 0 Å². The summed E-state index contributed by atoms with van der Waals surface area (Å²) in [6.45, 7) is 9.36. The van der Waals surface area contributed by atoms with Gasteiger partial charge in [-0.15, -0.1) is 11.3 Å². The van der Waals surface area contributed by atoms with Gasteiger partial charge in [-0.3, -0.25) is 0 Å². The van der Waals surface area contributed by atoms with E-state index >= 15 is 0 Å².